The molecule has 1 aromatic carbocycles. The number of hydrogen-bond donors (Lipinski definition) is 0. The summed E-state index contributed by atoms with van der Waals surface area (Å²) in [4.78, 5) is 31.5. The lowest BCUT2D eigenvalue weighted by molar-refractivity contribution is 0.0574. The van der Waals surface area contributed by atoms with Gasteiger partial charge >= 0.3 is 6.09 Å². The lowest BCUT2D eigenvalue weighted by Gasteiger charge is -2.33. The Labute approximate surface area is 160 Å². The summed E-state index contributed by atoms with van der Waals surface area (Å²) < 4.78 is 5.03. The van der Waals surface area contributed by atoms with E-state index in [4.69, 9.17) is 4.74 Å². The van der Waals surface area contributed by atoms with Crippen LogP contribution in [0.25, 0.3) is 10.4 Å². The van der Waals surface area contributed by atoms with E-state index in [0.717, 1.165) is 10.6 Å². The number of thioether (sulfide) groups is 1. The maximum absolute atomic E-state index is 12.9. The van der Waals surface area contributed by atoms with Crippen molar-refractivity contribution in [1.82, 2.24) is 9.80 Å². The minimum absolute atomic E-state index is 0.0652. The van der Waals surface area contributed by atoms with Gasteiger partial charge in [-0.25, -0.2) is 4.79 Å². The first kappa shape index (κ1) is 17.4. The molecule has 0 spiro atoms. The van der Waals surface area contributed by atoms with E-state index in [-0.39, 0.29) is 12.0 Å². The Morgan fingerprint density at radius 2 is 1.85 bits per heavy atom. The topological polar surface area (TPSA) is 49.9 Å². The summed E-state index contributed by atoms with van der Waals surface area (Å²) in [6.45, 7) is 4.31. The van der Waals surface area contributed by atoms with Crippen LogP contribution in [-0.2, 0) is 10.5 Å². The Morgan fingerprint density at radius 1 is 1.12 bits per heavy atom. The first-order chi connectivity index (χ1) is 12.7. The summed E-state index contributed by atoms with van der Waals surface area (Å²) in [7, 11) is 0. The van der Waals surface area contributed by atoms with Crippen LogP contribution in [0.4, 0.5) is 4.79 Å². The minimum atomic E-state index is -0.292. The van der Waals surface area contributed by atoms with Gasteiger partial charge in [0, 0.05) is 47.3 Å². The molecule has 0 atom stereocenters. The van der Waals surface area contributed by atoms with Gasteiger partial charge in [0.05, 0.1) is 11.5 Å². The zero-order valence-corrected chi connectivity index (χ0v) is 16.2. The highest BCUT2D eigenvalue weighted by molar-refractivity contribution is 7.98. The molecule has 0 aliphatic carbocycles. The highest BCUT2D eigenvalue weighted by atomic mass is 32.2. The Hall–Kier alpha value is -1.99. The highest BCUT2D eigenvalue weighted by Crippen LogP contribution is 2.45. The van der Waals surface area contributed by atoms with Crippen molar-refractivity contribution in [3.05, 3.63) is 40.8 Å². The average molecular weight is 389 g/mol. The number of piperazine rings is 1. The van der Waals surface area contributed by atoms with Crippen molar-refractivity contribution < 1.29 is 14.3 Å². The van der Waals surface area contributed by atoms with Gasteiger partial charge in [-0.05, 0) is 24.6 Å². The van der Waals surface area contributed by atoms with E-state index < -0.39 is 0 Å². The van der Waals surface area contributed by atoms with Crippen LogP contribution in [0.2, 0.25) is 0 Å². The molecule has 0 N–H and O–H groups in total. The molecule has 2 amide bonds. The van der Waals surface area contributed by atoms with Crippen molar-refractivity contribution in [2.24, 2.45) is 0 Å². The first-order valence-electron chi connectivity index (χ1n) is 8.73. The fourth-order valence-corrected chi connectivity index (χ4v) is 5.65. The molecule has 1 saturated heterocycles. The molecule has 2 aliphatic heterocycles. The summed E-state index contributed by atoms with van der Waals surface area (Å²) in [5.74, 6) is 0.975. The molecule has 0 unspecified atom stereocenters. The summed E-state index contributed by atoms with van der Waals surface area (Å²) in [6, 6.07) is 10.4. The van der Waals surface area contributed by atoms with E-state index in [0.29, 0.717) is 32.8 Å². The predicted molar refractivity (Wildman–Crippen MR) is 104 cm³/mol. The number of amides is 2. The van der Waals surface area contributed by atoms with Crippen LogP contribution in [0.3, 0.4) is 0 Å². The SMILES string of the molecule is CCOC(=O)N1CCN(C(=O)c2cc3c(s2)-c2ccccc2SC3)CC1. The number of benzene rings is 1. The smallest absolute Gasteiger partial charge is 0.409 e. The van der Waals surface area contributed by atoms with E-state index >= 15 is 0 Å². The maximum atomic E-state index is 12.9. The van der Waals surface area contributed by atoms with Crippen LogP contribution in [0.1, 0.15) is 22.2 Å². The summed E-state index contributed by atoms with van der Waals surface area (Å²) in [6.07, 6.45) is -0.292. The van der Waals surface area contributed by atoms with Crippen molar-refractivity contribution in [2.75, 3.05) is 32.8 Å². The number of carbonyl (C=O) groups excluding carboxylic acids is 2. The van der Waals surface area contributed by atoms with E-state index in [1.807, 2.05) is 28.8 Å². The maximum Gasteiger partial charge on any atom is 0.409 e. The molecular formula is C19H20N2O3S2. The molecule has 1 aromatic heterocycles. The average Bonchev–Trinajstić information content (AvgIpc) is 3.12. The molecule has 2 aliphatic rings. The number of carbonyl (C=O) groups is 2. The molecule has 2 aromatic rings. The first-order valence-corrected chi connectivity index (χ1v) is 10.5. The standard InChI is InChI=1S/C19H20N2O3S2/c1-2-24-19(23)21-9-7-20(8-10-21)18(22)16-11-13-12-25-15-6-4-3-5-14(15)17(13)26-16/h3-6,11H,2,7-10,12H2,1H3. The van der Waals surface area contributed by atoms with Crippen molar-refractivity contribution in [2.45, 2.75) is 17.6 Å². The van der Waals surface area contributed by atoms with Crippen LogP contribution in [0.15, 0.2) is 35.2 Å². The zero-order valence-electron chi connectivity index (χ0n) is 14.6. The molecule has 5 nitrogen and oxygen atoms in total. The zero-order chi connectivity index (χ0) is 18.1. The third-order valence-electron chi connectivity index (χ3n) is 4.63. The lowest BCUT2D eigenvalue weighted by Crippen LogP contribution is -2.50. The fourth-order valence-electron chi connectivity index (χ4n) is 3.27. The molecule has 136 valence electrons. The van der Waals surface area contributed by atoms with E-state index in [2.05, 4.69) is 18.2 Å². The van der Waals surface area contributed by atoms with E-state index in [9.17, 15) is 9.59 Å². The molecule has 7 heteroatoms. The Kier molecular flexibility index (Phi) is 4.91. The van der Waals surface area contributed by atoms with Gasteiger partial charge in [-0.15, -0.1) is 23.1 Å². The van der Waals surface area contributed by atoms with Gasteiger partial charge in [-0.1, -0.05) is 18.2 Å². The van der Waals surface area contributed by atoms with Gasteiger partial charge in [0.1, 0.15) is 0 Å². The van der Waals surface area contributed by atoms with Crippen molar-refractivity contribution in [1.29, 1.82) is 0 Å². The van der Waals surface area contributed by atoms with Crippen molar-refractivity contribution in [3.8, 4) is 10.4 Å². The van der Waals surface area contributed by atoms with Gasteiger partial charge in [0.15, 0.2) is 0 Å². The second kappa shape index (κ2) is 7.32. The molecule has 0 radical (unpaired) electrons. The molecule has 26 heavy (non-hydrogen) atoms. The van der Waals surface area contributed by atoms with Crippen LogP contribution < -0.4 is 0 Å². The van der Waals surface area contributed by atoms with Gasteiger partial charge in [-0.3, -0.25) is 4.79 Å². The molecular weight excluding hydrogens is 368 g/mol. The predicted octanol–water partition coefficient (Wildman–Crippen LogP) is 3.94. The fraction of sp³-hybridized carbons (Fsp3) is 0.368. The second-order valence-corrected chi connectivity index (χ2v) is 8.30. The number of ether oxygens (including phenoxy) is 1. The van der Waals surface area contributed by atoms with Crippen LogP contribution in [0.5, 0.6) is 0 Å². The quantitative estimate of drug-likeness (QED) is 0.782. The number of thiophene rings is 1. The summed E-state index contributed by atoms with van der Waals surface area (Å²) in [5.41, 5.74) is 2.47. The van der Waals surface area contributed by atoms with Gasteiger partial charge in [0.2, 0.25) is 0 Å². The highest BCUT2D eigenvalue weighted by Gasteiger charge is 2.28. The monoisotopic (exact) mass is 388 g/mol. The second-order valence-electron chi connectivity index (χ2n) is 6.23. The number of fused-ring (bicyclic) bond motifs is 3. The Bertz CT molecular complexity index is 841. The lowest BCUT2D eigenvalue weighted by atomic mass is 10.1. The normalized spacial score (nSPS) is 16.0. The largest absolute Gasteiger partial charge is 0.450 e. The number of nitrogens with zero attached hydrogens (tertiary/aromatic N) is 2. The van der Waals surface area contributed by atoms with Crippen LogP contribution in [-0.4, -0.2) is 54.6 Å². The Morgan fingerprint density at radius 3 is 2.62 bits per heavy atom. The van der Waals surface area contributed by atoms with Crippen molar-refractivity contribution >= 4 is 35.1 Å². The minimum Gasteiger partial charge on any atom is -0.450 e. The third-order valence-corrected chi connectivity index (χ3v) is 6.95. The molecule has 4 rings (SSSR count). The Balaban J connectivity index is 1.48. The number of rotatable bonds is 2. The summed E-state index contributed by atoms with van der Waals surface area (Å²) in [5, 5.41) is 0. The molecule has 0 saturated carbocycles. The van der Waals surface area contributed by atoms with Crippen LogP contribution in [0, 0.1) is 0 Å². The van der Waals surface area contributed by atoms with E-state index in [1.54, 1.807) is 23.2 Å². The van der Waals surface area contributed by atoms with Gasteiger partial charge in [0.25, 0.3) is 5.91 Å². The van der Waals surface area contributed by atoms with Gasteiger partial charge in [-0.2, -0.15) is 0 Å². The van der Waals surface area contributed by atoms with Gasteiger partial charge < -0.3 is 14.5 Å². The summed E-state index contributed by atoms with van der Waals surface area (Å²) >= 11 is 3.41. The third kappa shape index (κ3) is 3.21. The van der Waals surface area contributed by atoms with E-state index in [1.165, 1.54) is 20.9 Å². The number of hydrogen-bond acceptors (Lipinski definition) is 5. The van der Waals surface area contributed by atoms with Crippen LogP contribution >= 0.6 is 23.1 Å². The molecule has 0 bridgehead atoms. The van der Waals surface area contributed by atoms with Crippen molar-refractivity contribution in [3.63, 3.8) is 0 Å². The molecule has 3 heterocycles. The molecule has 1 fully saturated rings.